The van der Waals surface area contributed by atoms with Gasteiger partial charge in [0.1, 0.15) is 0 Å². The summed E-state index contributed by atoms with van der Waals surface area (Å²) in [4.78, 5) is 16.1. The Bertz CT molecular complexity index is 485. The van der Waals surface area contributed by atoms with Crippen LogP contribution in [-0.4, -0.2) is 16.1 Å². The van der Waals surface area contributed by atoms with Crippen LogP contribution in [0.1, 0.15) is 23.0 Å². The van der Waals surface area contributed by atoms with Gasteiger partial charge in [-0.2, -0.15) is 0 Å². The predicted molar refractivity (Wildman–Crippen MR) is 70.4 cm³/mol. The molecule has 0 aromatic carbocycles. The van der Waals surface area contributed by atoms with Gasteiger partial charge in [-0.05, 0) is 23.6 Å². The van der Waals surface area contributed by atoms with Crippen LogP contribution in [0, 0.1) is 0 Å². The number of nitrogens with zero attached hydrogens (tertiary/aromatic N) is 1. The predicted octanol–water partition coefficient (Wildman–Crippen LogP) is 2.45. The van der Waals surface area contributed by atoms with E-state index in [9.17, 15) is 4.79 Å². The molecular weight excluding hydrogens is 248 g/mol. The first-order valence-corrected chi connectivity index (χ1v) is 6.52. The van der Waals surface area contributed by atoms with E-state index in [0.29, 0.717) is 6.54 Å². The molecular formula is C13H14N2O2S. The minimum atomic E-state index is -0.804. The molecule has 2 rings (SSSR count). The smallest absolute Gasteiger partial charge is 0.305 e. The fourth-order valence-corrected chi connectivity index (χ4v) is 2.47. The highest BCUT2D eigenvalue weighted by molar-refractivity contribution is 7.10. The van der Waals surface area contributed by atoms with Gasteiger partial charge in [-0.15, -0.1) is 11.3 Å². The zero-order chi connectivity index (χ0) is 12.8. The average molecular weight is 262 g/mol. The minimum absolute atomic E-state index is 0.0767. The van der Waals surface area contributed by atoms with Gasteiger partial charge in [0.15, 0.2) is 0 Å². The zero-order valence-electron chi connectivity index (χ0n) is 9.74. The molecule has 0 spiro atoms. The number of hydrogen-bond acceptors (Lipinski definition) is 4. The van der Waals surface area contributed by atoms with Crippen LogP contribution in [0.3, 0.4) is 0 Å². The summed E-state index contributed by atoms with van der Waals surface area (Å²) in [5, 5.41) is 14.1. The number of aromatic nitrogens is 1. The maximum absolute atomic E-state index is 10.9. The standard InChI is InChI=1S/C13H14N2O2S/c16-13(17)8-11(12-5-3-7-18-12)15-9-10-4-1-2-6-14-10/h1-7,11,15H,8-9H2,(H,16,17). The molecule has 2 aromatic heterocycles. The van der Waals surface area contributed by atoms with E-state index < -0.39 is 5.97 Å². The zero-order valence-corrected chi connectivity index (χ0v) is 10.6. The second kappa shape index (κ2) is 6.28. The molecule has 18 heavy (non-hydrogen) atoms. The molecule has 2 heterocycles. The minimum Gasteiger partial charge on any atom is -0.481 e. The number of carbonyl (C=O) groups is 1. The van der Waals surface area contributed by atoms with E-state index in [1.165, 1.54) is 0 Å². The molecule has 0 amide bonds. The second-order valence-electron chi connectivity index (χ2n) is 3.87. The van der Waals surface area contributed by atoms with Crippen LogP contribution in [0.2, 0.25) is 0 Å². The van der Waals surface area contributed by atoms with E-state index in [1.54, 1.807) is 17.5 Å². The SMILES string of the molecule is O=C(O)CC(NCc1ccccn1)c1cccs1. The Labute approximate surface area is 109 Å². The third-order valence-electron chi connectivity index (χ3n) is 2.52. The topological polar surface area (TPSA) is 62.2 Å². The third-order valence-corrected chi connectivity index (χ3v) is 3.51. The first-order valence-electron chi connectivity index (χ1n) is 5.64. The van der Waals surface area contributed by atoms with Crippen molar-refractivity contribution in [3.05, 3.63) is 52.5 Å². The van der Waals surface area contributed by atoms with Gasteiger partial charge < -0.3 is 10.4 Å². The van der Waals surface area contributed by atoms with Crippen molar-refractivity contribution in [1.29, 1.82) is 0 Å². The van der Waals surface area contributed by atoms with Gasteiger partial charge >= 0.3 is 5.97 Å². The van der Waals surface area contributed by atoms with Crippen LogP contribution >= 0.6 is 11.3 Å². The van der Waals surface area contributed by atoms with Gasteiger partial charge in [-0.3, -0.25) is 9.78 Å². The van der Waals surface area contributed by atoms with Crippen LogP contribution in [-0.2, 0) is 11.3 Å². The Morgan fingerprint density at radius 2 is 2.28 bits per heavy atom. The van der Waals surface area contributed by atoms with Crippen molar-refractivity contribution in [2.75, 3.05) is 0 Å². The first-order chi connectivity index (χ1) is 8.75. The van der Waals surface area contributed by atoms with Gasteiger partial charge in [-0.1, -0.05) is 12.1 Å². The van der Waals surface area contributed by atoms with Gasteiger partial charge in [0.25, 0.3) is 0 Å². The normalized spacial score (nSPS) is 12.2. The second-order valence-corrected chi connectivity index (χ2v) is 4.85. The number of carboxylic acid groups (broad SMARTS) is 1. The van der Waals surface area contributed by atoms with Gasteiger partial charge in [0.2, 0.25) is 0 Å². The molecule has 0 fully saturated rings. The summed E-state index contributed by atoms with van der Waals surface area (Å²) in [6, 6.07) is 9.41. The van der Waals surface area contributed by atoms with Crippen molar-refractivity contribution in [3.63, 3.8) is 0 Å². The monoisotopic (exact) mass is 262 g/mol. The molecule has 0 aliphatic rings. The maximum atomic E-state index is 10.9. The summed E-state index contributed by atoms with van der Waals surface area (Å²) >= 11 is 1.56. The van der Waals surface area contributed by atoms with Crippen molar-refractivity contribution in [3.8, 4) is 0 Å². The summed E-state index contributed by atoms with van der Waals surface area (Å²) in [5.41, 5.74) is 0.907. The average Bonchev–Trinajstić information content (AvgIpc) is 2.89. The lowest BCUT2D eigenvalue weighted by Crippen LogP contribution is -2.23. The molecule has 1 unspecified atom stereocenters. The van der Waals surface area contributed by atoms with E-state index in [0.717, 1.165) is 10.6 Å². The lowest BCUT2D eigenvalue weighted by Gasteiger charge is -2.15. The van der Waals surface area contributed by atoms with Crippen molar-refractivity contribution in [2.24, 2.45) is 0 Å². The Morgan fingerprint density at radius 3 is 2.89 bits per heavy atom. The Balaban J connectivity index is 2.00. The van der Waals surface area contributed by atoms with Gasteiger partial charge in [0, 0.05) is 17.6 Å². The molecule has 4 nitrogen and oxygen atoms in total. The molecule has 0 aliphatic heterocycles. The van der Waals surface area contributed by atoms with Crippen LogP contribution in [0.25, 0.3) is 0 Å². The molecule has 2 aromatic rings. The van der Waals surface area contributed by atoms with E-state index >= 15 is 0 Å². The number of thiophene rings is 1. The summed E-state index contributed by atoms with van der Waals surface area (Å²) < 4.78 is 0. The third kappa shape index (κ3) is 3.65. The van der Waals surface area contributed by atoms with E-state index in [4.69, 9.17) is 5.11 Å². The molecule has 0 radical (unpaired) electrons. The maximum Gasteiger partial charge on any atom is 0.305 e. The van der Waals surface area contributed by atoms with E-state index in [2.05, 4.69) is 10.3 Å². The number of hydrogen-bond donors (Lipinski definition) is 2. The summed E-state index contributed by atoms with van der Waals surface area (Å²) in [6.45, 7) is 0.566. The summed E-state index contributed by atoms with van der Waals surface area (Å²) in [6.07, 6.45) is 1.81. The number of nitrogens with one attached hydrogen (secondary N) is 1. The number of carboxylic acids is 1. The summed E-state index contributed by atoms with van der Waals surface area (Å²) in [5.74, 6) is -0.804. The molecule has 0 aliphatic carbocycles. The lowest BCUT2D eigenvalue weighted by molar-refractivity contribution is -0.137. The Morgan fingerprint density at radius 1 is 1.39 bits per heavy atom. The van der Waals surface area contributed by atoms with Crippen molar-refractivity contribution >= 4 is 17.3 Å². The highest BCUT2D eigenvalue weighted by Gasteiger charge is 2.15. The number of pyridine rings is 1. The molecule has 94 valence electrons. The van der Waals surface area contributed by atoms with Crippen LogP contribution < -0.4 is 5.32 Å². The fraction of sp³-hybridized carbons (Fsp3) is 0.231. The molecule has 0 saturated heterocycles. The Hall–Kier alpha value is -1.72. The highest BCUT2D eigenvalue weighted by atomic mass is 32.1. The van der Waals surface area contributed by atoms with Crippen LogP contribution in [0.15, 0.2) is 41.9 Å². The molecule has 0 bridgehead atoms. The molecule has 1 atom stereocenters. The van der Waals surface area contributed by atoms with E-state index in [-0.39, 0.29) is 12.5 Å². The highest BCUT2D eigenvalue weighted by Crippen LogP contribution is 2.22. The number of aliphatic carboxylic acids is 1. The van der Waals surface area contributed by atoms with Crippen molar-refractivity contribution in [1.82, 2.24) is 10.3 Å². The summed E-state index contributed by atoms with van der Waals surface area (Å²) in [7, 11) is 0. The first kappa shape index (κ1) is 12.7. The molecule has 2 N–H and O–H groups in total. The van der Waals surface area contributed by atoms with Gasteiger partial charge in [-0.25, -0.2) is 0 Å². The van der Waals surface area contributed by atoms with E-state index in [1.807, 2.05) is 35.7 Å². The largest absolute Gasteiger partial charge is 0.481 e. The van der Waals surface area contributed by atoms with Crippen LogP contribution in [0.5, 0.6) is 0 Å². The fourth-order valence-electron chi connectivity index (χ4n) is 1.67. The quantitative estimate of drug-likeness (QED) is 0.839. The molecule has 0 saturated carbocycles. The molecule has 5 heteroatoms. The van der Waals surface area contributed by atoms with Crippen LogP contribution in [0.4, 0.5) is 0 Å². The van der Waals surface area contributed by atoms with Gasteiger partial charge in [0.05, 0.1) is 18.2 Å². The number of rotatable bonds is 6. The van der Waals surface area contributed by atoms with Crippen molar-refractivity contribution in [2.45, 2.75) is 19.0 Å². The van der Waals surface area contributed by atoms with Crippen molar-refractivity contribution < 1.29 is 9.90 Å². The lowest BCUT2D eigenvalue weighted by atomic mass is 10.1. The Kier molecular flexibility index (Phi) is 4.44.